The number of amides is 1. The predicted molar refractivity (Wildman–Crippen MR) is 63.2 cm³/mol. The SMILES string of the molecule is CCN(CC(=O)O)C(=O)c1cnc(C)cc1Cl. The Morgan fingerprint density at radius 2 is 2.18 bits per heavy atom. The zero-order chi connectivity index (χ0) is 13.0. The number of carbonyl (C=O) groups is 2. The van der Waals surface area contributed by atoms with Gasteiger partial charge in [0.2, 0.25) is 0 Å². The van der Waals surface area contributed by atoms with Crippen LogP contribution in [-0.4, -0.2) is 40.0 Å². The molecule has 0 saturated carbocycles. The smallest absolute Gasteiger partial charge is 0.323 e. The zero-order valence-corrected chi connectivity index (χ0v) is 10.4. The normalized spacial score (nSPS) is 10.1. The highest BCUT2D eigenvalue weighted by Gasteiger charge is 2.19. The Balaban J connectivity index is 2.97. The van der Waals surface area contributed by atoms with E-state index in [4.69, 9.17) is 16.7 Å². The van der Waals surface area contributed by atoms with Gasteiger partial charge in [-0.2, -0.15) is 0 Å². The van der Waals surface area contributed by atoms with Crippen molar-refractivity contribution in [3.8, 4) is 0 Å². The van der Waals surface area contributed by atoms with Crippen LogP contribution in [0.1, 0.15) is 23.0 Å². The van der Waals surface area contributed by atoms with Gasteiger partial charge in [-0.05, 0) is 19.9 Å². The molecule has 1 N–H and O–H groups in total. The third-order valence-electron chi connectivity index (χ3n) is 2.22. The number of carboxylic acid groups (broad SMARTS) is 1. The molecule has 0 aliphatic carbocycles. The Morgan fingerprint density at radius 3 is 2.65 bits per heavy atom. The van der Waals surface area contributed by atoms with E-state index in [-0.39, 0.29) is 17.1 Å². The lowest BCUT2D eigenvalue weighted by atomic mass is 10.2. The molecule has 5 nitrogen and oxygen atoms in total. The van der Waals surface area contributed by atoms with Gasteiger partial charge in [-0.25, -0.2) is 0 Å². The van der Waals surface area contributed by atoms with Crippen LogP contribution < -0.4 is 0 Å². The number of aliphatic carboxylic acids is 1. The summed E-state index contributed by atoms with van der Waals surface area (Å²) in [5.74, 6) is -1.48. The van der Waals surface area contributed by atoms with E-state index in [1.165, 1.54) is 11.1 Å². The highest BCUT2D eigenvalue weighted by molar-refractivity contribution is 6.33. The minimum Gasteiger partial charge on any atom is -0.480 e. The van der Waals surface area contributed by atoms with Crippen molar-refractivity contribution < 1.29 is 14.7 Å². The van der Waals surface area contributed by atoms with Gasteiger partial charge in [0.15, 0.2) is 0 Å². The molecular weight excluding hydrogens is 244 g/mol. The second kappa shape index (κ2) is 5.63. The van der Waals surface area contributed by atoms with Crippen LogP contribution in [0, 0.1) is 6.92 Å². The Kier molecular flexibility index (Phi) is 4.45. The molecule has 0 aliphatic rings. The fourth-order valence-corrected chi connectivity index (χ4v) is 1.63. The second-order valence-electron chi connectivity index (χ2n) is 3.52. The van der Waals surface area contributed by atoms with Crippen LogP contribution in [0.5, 0.6) is 0 Å². The van der Waals surface area contributed by atoms with Gasteiger partial charge in [-0.1, -0.05) is 11.6 Å². The first-order chi connectivity index (χ1) is 7.95. The summed E-state index contributed by atoms with van der Waals surface area (Å²) in [5, 5.41) is 8.97. The maximum Gasteiger partial charge on any atom is 0.323 e. The number of halogens is 1. The molecule has 0 radical (unpaired) electrons. The van der Waals surface area contributed by atoms with Gasteiger partial charge in [0, 0.05) is 18.4 Å². The molecule has 92 valence electrons. The highest BCUT2D eigenvalue weighted by Crippen LogP contribution is 2.17. The molecule has 0 fully saturated rings. The summed E-state index contributed by atoms with van der Waals surface area (Å²) in [4.78, 5) is 27.8. The first-order valence-corrected chi connectivity index (χ1v) is 5.46. The fourth-order valence-electron chi connectivity index (χ4n) is 1.34. The lowest BCUT2D eigenvalue weighted by molar-refractivity contribution is -0.137. The third-order valence-corrected chi connectivity index (χ3v) is 2.53. The molecule has 1 aromatic rings. The number of rotatable bonds is 4. The summed E-state index contributed by atoms with van der Waals surface area (Å²) in [6.45, 7) is 3.42. The van der Waals surface area contributed by atoms with Crippen molar-refractivity contribution in [1.82, 2.24) is 9.88 Å². The monoisotopic (exact) mass is 256 g/mol. The van der Waals surface area contributed by atoms with Gasteiger partial charge >= 0.3 is 5.97 Å². The van der Waals surface area contributed by atoms with Gasteiger partial charge in [0.25, 0.3) is 5.91 Å². The molecule has 0 unspecified atom stereocenters. The lowest BCUT2D eigenvalue weighted by Crippen LogP contribution is -2.35. The van der Waals surface area contributed by atoms with E-state index in [9.17, 15) is 9.59 Å². The van der Waals surface area contributed by atoms with Crippen molar-refractivity contribution in [2.75, 3.05) is 13.1 Å². The quantitative estimate of drug-likeness (QED) is 0.888. The van der Waals surface area contributed by atoms with Crippen molar-refractivity contribution in [3.63, 3.8) is 0 Å². The van der Waals surface area contributed by atoms with E-state index >= 15 is 0 Å². The molecule has 6 heteroatoms. The number of likely N-dealkylation sites (N-methyl/N-ethyl adjacent to an activating group) is 1. The molecule has 0 spiro atoms. The van der Waals surface area contributed by atoms with Crippen molar-refractivity contribution in [3.05, 3.63) is 28.5 Å². The molecule has 1 rings (SSSR count). The van der Waals surface area contributed by atoms with Crippen LogP contribution in [0.4, 0.5) is 0 Å². The largest absolute Gasteiger partial charge is 0.480 e. The van der Waals surface area contributed by atoms with E-state index in [1.807, 2.05) is 0 Å². The van der Waals surface area contributed by atoms with E-state index in [0.29, 0.717) is 12.2 Å². The summed E-state index contributed by atoms with van der Waals surface area (Å²) >= 11 is 5.93. The van der Waals surface area contributed by atoms with Crippen LogP contribution in [-0.2, 0) is 4.79 Å². The fraction of sp³-hybridized carbons (Fsp3) is 0.364. The molecule has 1 aromatic heterocycles. The Labute approximate surface area is 104 Å². The van der Waals surface area contributed by atoms with Crippen molar-refractivity contribution in [2.24, 2.45) is 0 Å². The number of carbonyl (C=O) groups excluding carboxylic acids is 1. The van der Waals surface area contributed by atoms with Gasteiger partial charge in [0.05, 0.1) is 10.6 Å². The second-order valence-corrected chi connectivity index (χ2v) is 3.93. The molecule has 0 saturated heterocycles. The van der Waals surface area contributed by atoms with Gasteiger partial charge < -0.3 is 10.0 Å². The van der Waals surface area contributed by atoms with Crippen molar-refractivity contribution >= 4 is 23.5 Å². The topological polar surface area (TPSA) is 70.5 Å². The Hall–Kier alpha value is -1.62. The van der Waals surface area contributed by atoms with Crippen LogP contribution in [0.2, 0.25) is 5.02 Å². The first-order valence-electron chi connectivity index (χ1n) is 5.09. The number of aryl methyl sites for hydroxylation is 1. The summed E-state index contributed by atoms with van der Waals surface area (Å²) in [5.41, 5.74) is 0.924. The van der Waals surface area contributed by atoms with Crippen LogP contribution in [0.15, 0.2) is 12.3 Å². The molecular formula is C11H13ClN2O3. The van der Waals surface area contributed by atoms with Gasteiger partial charge in [-0.15, -0.1) is 0 Å². The minimum absolute atomic E-state index is 0.223. The summed E-state index contributed by atoms with van der Waals surface area (Å²) in [6.07, 6.45) is 1.37. The molecule has 0 aliphatic heterocycles. The van der Waals surface area contributed by atoms with Crippen molar-refractivity contribution in [2.45, 2.75) is 13.8 Å². The minimum atomic E-state index is -1.06. The summed E-state index contributed by atoms with van der Waals surface area (Å²) in [6, 6.07) is 1.57. The maximum absolute atomic E-state index is 12.0. The standard InChI is InChI=1S/C11H13ClN2O3/c1-3-14(6-10(15)16)11(17)8-5-13-7(2)4-9(8)12/h4-5H,3,6H2,1-2H3,(H,15,16). The van der Waals surface area contributed by atoms with Crippen molar-refractivity contribution in [1.29, 1.82) is 0 Å². The van der Waals surface area contributed by atoms with Crippen LogP contribution in [0.25, 0.3) is 0 Å². The third kappa shape index (κ3) is 3.42. The van der Waals surface area contributed by atoms with Gasteiger partial charge in [0.1, 0.15) is 6.54 Å². The molecule has 1 heterocycles. The predicted octanol–water partition coefficient (Wildman–Crippen LogP) is 1.59. The highest BCUT2D eigenvalue weighted by atomic mass is 35.5. The maximum atomic E-state index is 12.0. The number of hydrogen-bond donors (Lipinski definition) is 1. The molecule has 0 atom stereocenters. The van der Waals surface area contributed by atoms with Crippen LogP contribution in [0.3, 0.4) is 0 Å². The van der Waals surface area contributed by atoms with E-state index in [1.54, 1.807) is 19.9 Å². The Morgan fingerprint density at radius 1 is 1.53 bits per heavy atom. The molecule has 0 bridgehead atoms. The average Bonchev–Trinajstić information content (AvgIpc) is 2.24. The van der Waals surface area contributed by atoms with Gasteiger partial charge in [-0.3, -0.25) is 14.6 Å². The number of carboxylic acids is 1. The summed E-state index contributed by atoms with van der Waals surface area (Å²) in [7, 11) is 0. The number of nitrogens with zero attached hydrogens (tertiary/aromatic N) is 2. The number of hydrogen-bond acceptors (Lipinski definition) is 3. The Bertz CT molecular complexity index is 448. The zero-order valence-electron chi connectivity index (χ0n) is 9.61. The molecule has 0 aromatic carbocycles. The average molecular weight is 257 g/mol. The molecule has 17 heavy (non-hydrogen) atoms. The van der Waals surface area contributed by atoms with Crippen LogP contribution >= 0.6 is 11.6 Å². The summed E-state index contributed by atoms with van der Waals surface area (Å²) < 4.78 is 0. The number of pyridine rings is 1. The molecule has 1 amide bonds. The number of aromatic nitrogens is 1. The first kappa shape index (κ1) is 13.4. The van der Waals surface area contributed by atoms with E-state index in [2.05, 4.69) is 4.98 Å². The lowest BCUT2D eigenvalue weighted by Gasteiger charge is -2.18. The van der Waals surface area contributed by atoms with E-state index in [0.717, 1.165) is 0 Å². The van der Waals surface area contributed by atoms with E-state index < -0.39 is 11.9 Å².